The number of hydrogen-bond donors (Lipinski definition) is 0. The largest absolute Gasteiger partial charge is 0.339 e. The SMILES string of the molecule is C[C@@H]1C=CC[C@H]2C(=O)N(c3cccc(C(=O)N4CCCCCC4)c3)C(=O)[C@@H]12. The summed E-state index contributed by atoms with van der Waals surface area (Å²) in [5, 5.41) is 0. The van der Waals surface area contributed by atoms with Crippen LogP contribution in [0.2, 0.25) is 0 Å². The van der Waals surface area contributed by atoms with Crippen molar-refractivity contribution in [3.63, 3.8) is 0 Å². The van der Waals surface area contributed by atoms with Gasteiger partial charge in [0.25, 0.3) is 5.91 Å². The number of allylic oxidation sites excluding steroid dienone is 2. The summed E-state index contributed by atoms with van der Waals surface area (Å²) in [7, 11) is 0. The molecule has 0 radical (unpaired) electrons. The first-order valence-corrected chi connectivity index (χ1v) is 10.0. The molecule has 2 aliphatic heterocycles. The predicted octanol–water partition coefficient (Wildman–Crippen LogP) is 3.40. The number of carbonyl (C=O) groups excluding carboxylic acids is 3. The highest BCUT2D eigenvalue weighted by molar-refractivity contribution is 6.22. The molecule has 5 heteroatoms. The Morgan fingerprint density at radius 2 is 1.78 bits per heavy atom. The normalized spacial score (nSPS) is 28.3. The van der Waals surface area contributed by atoms with Crippen molar-refractivity contribution >= 4 is 23.4 Å². The van der Waals surface area contributed by atoms with Gasteiger partial charge in [0.2, 0.25) is 11.8 Å². The highest BCUT2D eigenvalue weighted by atomic mass is 16.2. The highest BCUT2D eigenvalue weighted by Gasteiger charge is 2.50. The molecule has 2 saturated heterocycles. The van der Waals surface area contributed by atoms with Crippen LogP contribution in [0.1, 0.15) is 49.4 Å². The lowest BCUT2D eigenvalue weighted by molar-refractivity contribution is -0.122. The lowest BCUT2D eigenvalue weighted by atomic mass is 9.78. The minimum Gasteiger partial charge on any atom is -0.339 e. The van der Waals surface area contributed by atoms with Gasteiger partial charge in [0.05, 0.1) is 17.5 Å². The number of carbonyl (C=O) groups is 3. The van der Waals surface area contributed by atoms with E-state index in [9.17, 15) is 14.4 Å². The molecule has 1 aromatic rings. The van der Waals surface area contributed by atoms with Gasteiger partial charge in [-0.25, -0.2) is 0 Å². The number of rotatable bonds is 2. The molecule has 3 amide bonds. The summed E-state index contributed by atoms with van der Waals surface area (Å²) in [5.74, 6) is -0.783. The first-order chi connectivity index (χ1) is 13.1. The summed E-state index contributed by atoms with van der Waals surface area (Å²) in [4.78, 5) is 42.0. The van der Waals surface area contributed by atoms with E-state index in [-0.39, 0.29) is 35.5 Å². The van der Waals surface area contributed by atoms with E-state index in [0.29, 0.717) is 17.7 Å². The summed E-state index contributed by atoms with van der Waals surface area (Å²) >= 11 is 0. The molecule has 2 heterocycles. The van der Waals surface area contributed by atoms with Crippen LogP contribution in [0.25, 0.3) is 0 Å². The maximum absolute atomic E-state index is 13.0. The van der Waals surface area contributed by atoms with Gasteiger partial charge < -0.3 is 4.90 Å². The zero-order chi connectivity index (χ0) is 19.0. The number of imide groups is 1. The molecular weight excluding hydrogens is 340 g/mol. The topological polar surface area (TPSA) is 57.7 Å². The van der Waals surface area contributed by atoms with Gasteiger partial charge in [-0.1, -0.05) is 38.0 Å². The lowest BCUT2D eigenvalue weighted by Crippen LogP contribution is -2.33. The molecular formula is C22H26N2O3. The first kappa shape index (κ1) is 18.0. The molecule has 0 saturated carbocycles. The number of anilines is 1. The quantitative estimate of drug-likeness (QED) is 0.595. The van der Waals surface area contributed by atoms with E-state index in [4.69, 9.17) is 0 Å². The van der Waals surface area contributed by atoms with Crippen molar-refractivity contribution in [1.29, 1.82) is 0 Å². The minimum absolute atomic E-state index is 0.00899. The molecule has 27 heavy (non-hydrogen) atoms. The number of likely N-dealkylation sites (tertiary alicyclic amines) is 1. The maximum Gasteiger partial charge on any atom is 0.253 e. The summed E-state index contributed by atoms with van der Waals surface area (Å²) in [6, 6.07) is 7.01. The Balaban J connectivity index is 1.60. The molecule has 142 valence electrons. The monoisotopic (exact) mass is 366 g/mol. The number of nitrogens with zero attached hydrogens (tertiary/aromatic N) is 2. The molecule has 0 N–H and O–H groups in total. The fraction of sp³-hybridized carbons (Fsp3) is 0.500. The zero-order valence-corrected chi connectivity index (χ0v) is 15.8. The van der Waals surface area contributed by atoms with Crippen molar-refractivity contribution in [2.75, 3.05) is 18.0 Å². The van der Waals surface area contributed by atoms with E-state index in [1.807, 2.05) is 24.0 Å². The van der Waals surface area contributed by atoms with Crippen molar-refractivity contribution < 1.29 is 14.4 Å². The summed E-state index contributed by atoms with van der Waals surface area (Å²) < 4.78 is 0. The molecule has 2 fully saturated rings. The van der Waals surface area contributed by atoms with Gasteiger partial charge in [-0.2, -0.15) is 0 Å². The molecule has 1 aromatic carbocycles. The predicted molar refractivity (Wildman–Crippen MR) is 103 cm³/mol. The van der Waals surface area contributed by atoms with Gasteiger partial charge >= 0.3 is 0 Å². The number of hydrogen-bond acceptors (Lipinski definition) is 3. The van der Waals surface area contributed by atoms with Crippen LogP contribution in [-0.4, -0.2) is 35.7 Å². The van der Waals surface area contributed by atoms with Gasteiger partial charge in [-0.15, -0.1) is 0 Å². The summed E-state index contributed by atoms with van der Waals surface area (Å²) in [6.07, 6.45) is 9.02. The highest BCUT2D eigenvalue weighted by Crippen LogP contribution is 2.40. The average molecular weight is 366 g/mol. The summed E-state index contributed by atoms with van der Waals surface area (Å²) in [6.45, 7) is 3.54. The average Bonchev–Trinajstić information content (AvgIpc) is 2.86. The van der Waals surface area contributed by atoms with Gasteiger partial charge in [-0.05, 0) is 43.4 Å². The lowest BCUT2D eigenvalue weighted by Gasteiger charge is -2.22. The third kappa shape index (κ3) is 3.20. The van der Waals surface area contributed by atoms with E-state index in [0.717, 1.165) is 38.8 Å². The smallest absolute Gasteiger partial charge is 0.253 e. The third-order valence-corrected chi connectivity index (χ3v) is 6.12. The molecule has 0 aromatic heterocycles. The first-order valence-electron chi connectivity index (χ1n) is 10.0. The Morgan fingerprint density at radius 1 is 1.04 bits per heavy atom. The molecule has 4 rings (SSSR count). The van der Waals surface area contributed by atoms with Gasteiger partial charge in [0, 0.05) is 18.7 Å². The van der Waals surface area contributed by atoms with Crippen LogP contribution in [-0.2, 0) is 9.59 Å². The van der Waals surface area contributed by atoms with Crippen LogP contribution in [0.15, 0.2) is 36.4 Å². The van der Waals surface area contributed by atoms with Crippen LogP contribution < -0.4 is 4.90 Å². The fourth-order valence-electron chi connectivity index (χ4n) is 4.64. The summed E-state index contributed by atoms with van der Waals surface area (Å²) in [5.41, 5.74) is 1.07. The second-order valence-corrected chi connectivity index (χ2v) is 7.92. The molecule has 3 atom stereocenters. The van der Waals surface area contributed by atoms with E-state index in [1.165, 1.54) is 4.90 Å². The molecule has 1 aliphatic carbocycles. The Bertz CT molecular complexity index is 793. The fourth-order valence-corrected chi connectivity index (χ4v) is 4.64. The van der Waals surface area contributed by atoms with Crippen LogP contribution in [0, 0.1) is 17.8 Å². The van der Waals surface area contributed by atoms with Crippen molar-refractivity contribution in [2.24, 2.45) is 17.8 Å². The van der Waals surface area contributed by atoms with Gasteiger partial charge in [0.1, 0.15) is 0 Å². The van der Waals surface area contributed by atoms with E-state index in [2.05, 4.69) is 0 Å². The Labute approximate surface area is 160 Å². The third-order valence-electron chi connectivity index (χ3n) is 6.12. The Hall–Kier alpha value is -2.43. The molecule has 0 bridgehead atoms. The number of benzene rings is 1. The van der Waals surface area contributed by atoms with Crippen LogP contribution in [0.3, 0.4) is 0 Å². The number of amides is 3. The second kappa shape index (κ2) is 7.29. The van der Waals surface area contributed by atoms with Crippen LogP contribution in [0.5, 0.6) is 0 Å². The van der Waals surface area contributed by atoms with Crippen molar-refractivity contribution in [2.45, 2.75) is 39.0 Å². The number of fused-ring (bicyclic) bond motifs is 1. The van der Waals surface area contributed by atoms with Crippen molar-refractivity contribution in [1.82, 2.24) is 4.90 Å². The van der Waals surface area contributed by atoms with Crippen molar-refractivity contribution in [3.05, 3.63) is 42.0 Å². The standard InChI is InChI=1S/C22H26N2O3/c1-15-8-6-11-18-19(15)22(27)24(21(18)26)17-10-7-9-16(14-17)20(25)23-12-4-2-3-5-13-23/h6-10,14-15,18-19H,2-5,11-13H2,1H3/t15-,18-,19+/m1/s1. The molecule has 3 aliphatic rings. The maximum atomic E-state index is 13.0. The Kier molecular flexibility index (Phi) is 4.85. The second-order valence-electron chi connectivity index (χ2n) is 7.92. The van der Waals surface area contributed by atoms with Crippen LogP contribution in [0.4, 0.5) is 5.69 Å². The van der Waals surface area contributed by atoms with Gasteiger partial charge in [0.15, 0.2) is 0 Å². The minimum atomic E-state index is -0.285. The van der Waals surface area contributed by atoms with E-state index < -0.39 is 0 Å². The zero-order valence-electron chi connectivity index (χ0n) is 15.8. The molecule has 0 unspecified atom stereocenters. The Morgan fingerprint density at radius 3 is 2.48 bits per heavy atom. The van der Waals surface area contributed by atoms with Crippen LogP contribution >= 0.6 is 0 Å². The molecule has 0 spiro atoms. The van der Waals surface area contributed by atoms with Gasteiger partial charge in [-0.3, -0.25) is 19.3 Å². The van der Waals surface area contributed by atoms with Crippen molar-refractivity contribution in [3.8, 4) is 0 Å². The van der Waals surface area contributed by atoms with E-state index in [1.54, 1.807) is 24.3 Å². The molecule has 5 nitrogen and oxygen atoms in total. The van der Waals surface area contributed by atoms with E-state index >= 15 is 0 Å².